The number of fused-ring (bicyclic) bond motifs is 1. The zero-order chi connectivity index (χ0) is 20.6. The molecule has 3 rings (SSSR count). The van der Waals surface area contributed by atoms with E-state index in [1.54, 1.807) is 6.08 Å². The zero-order valence-electron chi connectivity index (χ0n) is 16.8. The van der Waals surface area contributed by atoms with Crippen molar-refractivity contribution in [2.45, 2.75) is 49.1 Å². The van der Waals surface area contributed by atoms with Gasteiger partial charge >= 0.3 is 0 Å². The number of benzene rings is 1. The molecule has 2 heterocycles. The van der Waals surface area contributed by atoms with Crippen LogP contribution in [0.5, 0.6) is 0 Å². The number of ketones is 1. The van der Waals surface area contributed by atoms with Crippen molar-refractivity contribution in [3.8, 4) is 0 Å². The fraction of sp³-hybridized carbons (Fsp3) is 0.381. The second-order valence-electron chi connectivity index (χ2n) is 7.52. The monoisotopic (exact) mass is 415 g/mol. The summed E-state index contributed by atoms with van der Waals surface area (Å²) < 4.78 is 0.787. The maximum Gasteiger partial charge on any atom is 0.222 e. The second-order valence-corrected chi connectivity index (χ2v) is 10.2. The highest BCUT2D eigenvalue weighted by atomic mass is 32.2. The smallest absolute Gasteiger partial charge is 0.222 e. The number of likely N-dealkylation sites (N-methyl/N-ethyl adjacent to an activating group) is 1. The molecular weight excluding hydrogens is 390 g/mol. The summed E-state index contributed by atoms with van der Waals surface area (Å²) in [7, 11) is 2.00. The molecule has 1 atom stereocenters. The molecule has 1 aliphatic rings. The molecule has 148 valence electrons. The molecule has 0 spiro atoms. The Labute approximate surface area is 174 Å². The molecule has 0 bridgehead atoms. The van der Waals surface area contributed by atoms with E-state index in [4.69, 9.17) is 5.73 Å². The van der Waals surface area contributed by atoms with Crippen molar-refractivity contribution in [2.75, 3.05) is 11.9 Å². The Kier molecular flexibility index (Phi) is 5.68. The molecule has 1 aromatic carbocycles. The minimum Gasteiger partial charge on any atom is -0.369 e. The lowest BCUT2D eigenvalue weighted by Crippen LogP contribution is -2.25. The van der Waals surface area contributed by atoms with Gasteiger partial charge in [0.15, 0.2) is 10.1 Å². The number of amides is 1. The summed E-state index contributed by atoms with van der Waals surface area (Å²) in [6.07, 6.45) is 1.95. The highest BCUT2D eigenvalue weighted by Gasteiger charge is 2.38. The Morgan fingerprint density at radius 2 is 2.04 bits per heavy atom. The molecule has 1 unspecified atom stereocenters. The lowest BCUT2D eigenvalue weighted by atomic mass is 9.83. The Bertz CT molecular complexity index is 962. The van der Waals surface area contributed by atoms with Crippen LogP contribution in [0, 0.1) is 6.92 Å². The molecule has 1 aromatic heterocycles. The van der Waals surface area contributed by atoms with Crippen LogP contribution in [0.3, 0.4) is 0 Å². The molecule has 0 aliphatic carbocycles. The van der Waals surface area contributed by atoms with Gasteiger partial charge in [-0.2, -0.15) is 0 Å². The quantitative estimate of drug-likeness (QED) is 0.573. The van der Waals surface area contributed by atoms with Crippen LogP contribution in [0.25, 0.3) is 0 Å². The van der Waals surface area contributed by atoms with Crippen molar-refractivity contribution in [3.05, 3.63) is 52.2 Å². The van der Waals surface area contributed by atoms with Gasteiger partial charge in [0.25, 0.3) is 0 Å². The number of carbonyl (C=O) groups is 2. The van der Waals surface area contributed by atoms with Crippen LogP contribution >= 0.6 is 23.1 Å². The standard InChI is InChI=1S/C21H25N3O2S2/c1-12-17(11-19(22)26)28-20(23-12)27-13(2)16(25)10-18-21(3,4)14-8-6-7-9-15(14)24(18)5/h6-10,13H,11H2,1-5H3,(H2,22,26)/b18-10+. The maximum absolute atomic E-state index is 12.9. The first kappa shape index (κ1) is 20.6. The van der Waals surface area contributed by atoms with Gasteiger partial charge < -0.3 is 10.6 Å². The molecule has 1 amide bonds. The van der Waals surface area contributed by atoms with Gasteiger partial charge in [-0.15, -0.1) is 11.3 Å². The molecule has 0 saturated carbocycles. The second kappa shape index (κ2) is 7.72. The number of hydrogen-bond acceptors (Lipinski definition) is 6. The summed E-state index contributed by atoms with van der Waals surface area (Å²) in [5.74, 6) is -0.319. The van der Waals surface area contributed by atoms with Gasteiger partial charge in [0, 0.05) is 34.8 Å². The number of anilines is 1. The molecule has 2 aromatic rings. The number of aryl methyl sites for hydroxylation is 1. The lowest BCUT2D eigenvalue weighted by molar-refractivity contribution is -0.117. The number of primary amides is 1. The van der Waals surface area contributed by atoms with Crippen LogP contribution in [-0.2, 0) is 21.4 Å². The van der Waals surface area contributed by atoms with Crippen molar-refractivity contribution in [2.24, 2.45) is 5.73 Å². The average Bonchev–Trinajstić information content (AvgIpc) is 3.04. The summed E-state index contributed by atoms with van der Waals surface area (Å²) in [5.41, 5.74) is 9.22. The lowest BCUT2D eigenvalue weighted by Gasteiger charge is -2.24. The molecular formula is C21H25N3O2S2. The van der Waals surface area contributed by atoms with Crippen molar-refractivity contribution in [1.29, 1.82) is 0 Å². The number of rotatable bonds is 6. The van der Waals surface area contributed by atoms with Crippen LogP contribution < -0.4 is 10.6 Å². The number of nitrogens with two attached hydrogens (primary N) is 1. The molecule has 0 fully saturated rings. The van der Waals surface area contributed by atoms with Crippen molar-refractivity contribution < 1.29 is 9.59 Å². The number of thioether (sulfide) groups is 1. The number of aromatic nitrogens is 1. The number of allylic oxidation sites excluding steroid dienone is 2. The zero-order valence-corrected chi connectivity index (χ0v) is 18.4. The van der Waals surface area contributed by atoms with E-state index in [1.165, 1.54) is 28.7 Å². The number of hydrogen-bond donors (Lipinski definition) is 1. The van der Waals surface area contributed by atoms with Crippen molar-refractivity contribution in [3.63, 3.8) is 0 Å². The van der Waals surface area contributed by atoms with Crippen LogP contribution in [0.15, 0.2) is 40.4 Å². The van der Waals surface area contributed by atoms with E-state index in [0.717, 1.165) is 26.3 Å². The molecule has 7 heteroatoms. The van der Waals surface area contributed by atoms with Crippen molar-refractivity contribution >= 4 is 40.5 Å². The minimum atomic E-state index is -0.372. The van der Waals surface area contributed by atoms with Gasteiger partial charge in [-0.25, -0.2) is 4.98 Å². The number of para-hydroxylation sites is 1. The average molecular weight is 416 g/mol. The van der Waals surface area contributed by atoms with Crippen LogP contribution in [0.1, 0.15) is 36.9 Å². The molecule has 28 heavy (non-hydrogen) atoms. The summed E-state index contributed by atoms with van der Waals surface area (Å²) in [6.45, 7) is 8.04. The first-order valence-corrected chi connectivity index (χ1v) is 10.8. The highest BCUT2D eigenvalue weighted by molar-refractivity contribution is 8.02. The fourth-order valence-corrected chi connectivity index (χ4v) is 5.90. The van der Waals surface area contributed by atoms with E-state index in [2.05, 4.69) is 35.9 Å². The maximum atomic E-state index is 12.9. The fourth-order valence-electron chi connectivity index (χ4n) is 3.49. The van der Waals surface area contributed by atoms with Crippen LogP contribution in [0.4, 0.5) is 5.69 Å². The number of thiazole rings is 1. The summed E-state index contributed by atoms with van der Waals surface area (Å²) >= 11 is 2.86. The third-order valence-corrected chi connectivity index (χ3v) is 7.48. The summed E-state index contributed by atoms with van der Waals surface area (Å²) in [5, 5.41) is -0.271. The topological polar surface area (TPSA) is 76.3 Å². The van der Waals surface area contributed by atoms with Gasteiger partial charge in [-0.05, 0) is 25.5 Å². The number of carbonyl (C=O) groups excluding carboxylic acids is 2. The highest BCUT2D eigenvalue weighted by Crippen LogP contribution is 2.46. The third-order valence-electron chi connectivity index (χ3n) is 5.11. The molecule has 0 radical (unpaired) electrons. The third kappa shape index (κ3) is 3.86. The van der Waals surface area contributed by atoms with E-state index in [1.807, 2.05) is 33.0 Å². The van der Waals surface area contributed by atoms with Gasteiger partial charge in [-0.1, -0.05) is 43.8 Å². The minimum absolute atomic E-state index is 0.0528. The van der Waals surface area contributed by atoms with E-state index in [0.29, 0.717) is 0 Å². The first-order valence-electron chi connectivity index (χ1n) is 9.11. The summed E-state index contributed by atoms with van der Waals surface area (Å²) in [4.78, 5) is 31.5. The summed E-state index contributed by atoms with van der Waals surface area (Å²) in [6, 6.07) is 8.25. The largest absolute Gasteiger partial charge is 0.369 e. The van der Waals surface area contributed by atoms with E-state index in [9.17, 15) is 9.59 Å². The SMILES string of the molecule is Cc1nc(SC(C)C(=O)/C=C2/N(C)c3ccccc3C2(C)C)sc1CC(N)=O. The van der Waals surface area contributed by atoms with Gasteiger partial charge in [0.1, 0.15) is 0 Å². The van der Waals surface area contributed by atoms with E-state index < -0.39 is 0 Å². The Hall–Kier alpha value is -2.12. The van der Waals surface area contributed by atoms with E-state index >= 15 is 0 Å². The van der Waals surface area contributed by atoms with Gasteiger partial charge in [0.2, 0.25) is 5.91 Å². The number of nitrogens with zero attached hydrogens (tertiary/aromatic N) is 2. The predicted molar refractivity (Wildman–Crippen MR) is 116 cm³/mol. The van der Waals surface area contributed by atoms with E-state index in [-0.39, 0.29) is 28.8 Å². The predicted octanol–water partition coefficient (Wildman–Crippen LogP) is 3.84. The molecule has 1 aliphatic heterocycles. The Morgan fingerprint density at radius 3 is 2.68 bits per heavy atom. The normalized spacial score (nSPS) is 17.6. The van der Waals surface area contributed by atoms with Crippen molar-refractivity contribution in [1.82, 2.24) is 4.98 Å². The molecule has 2 N–H and O–H groups in total. The van der Waals surface area contributed by atoms with Gasteiger partial charge in [-0.3, -0.25) is 9.59 Å². The van der Waals surface area contributed by atoms with Gasteiger partial charge in [0.05, 0.1) is 17.4 Å². The Morgan fingerprint density at radius 1 is 1.36 bits per heavy atom. The van der Waals surface area contributed by atoms with Crippen LogP contribution in [0.2, 0.25) is 0 Å². The Balaban J connectivity index is 1.78. The first-order chi connectivity index (χ1) is 13.1. The molecule has 0 saturated heterocycles. The molecule has 5 nitrogen and oxygen atoms in total. The van der Waals surface area contributed by atoms with Crippen LogP contribution in [-0.4, -0.2) is 29.0 Å².